The first-order chi connectivity index (χ1) is 11.4. The van der Waals surface area contributed by atoms with Gasteiger partial charge >= 0.3 is 0 Å². The maximum atomic E-state index is 12.9. The van der Waals surface area contributed by atoms with E-state index in [1.807, 2.05) is 25.7 Å². The number of rotatable bonds is 3. The topological polar surface area (TPSA) is 82.7 Å². The number of β-amino-alcohol motifs (C(OH)–C–C–N with tert-alkyl or cyclic N) is 1. The Morgan fingerprint density at radius 2 is 1.88 bits per heavy atom. The Morgan fingerprint density at radius 1 is 1.21 bits per heavy atom. The predicted molar refractivity (Wildman–Crippen MR) is 97.7 cm³/mol. The number of pyridine rings is 1. The third-order valence-electron chi connectivity index (χ3n) is 4.95. The van der Waals surface area contributed by atoms with Gasteiger partial charge in [-0.15, -0.1) is 11.3 Å². The van der Waals surface area contributed by atoms with Gasteiger partial charge in [0.2, 0.25) is 0 Å². The molecule has 3 heterocycles. The molecule has 2 aromatic heterocycles. The summed E-state index contributed by atoms with van der Waals surface area (Å²) in [7, 11) is 0. The lowest BCUT2D eigenvalue weighted by molar-refractivity contribution is 0.0620. The summed E-state index contributed by atoms with van der Waals surface area (Å²) < 4.78 is 0. The molecule has 1 saturated heterocycles. The Bertz CT molecular complexity index is 779. The Hall–Kier alpha value is -1.70. The van der Waals surface area contributed by atoms with Crippen molar-refractivity contribution in [3.05, 3.63) is 21.7 Å². The second kappa shape index (κ2) is 6.66. The van der Waals surface area contributed by atoms with Crippen molar-refractivity contribution in [1.29, 1.82) is 0 Å². The molecular weight excluding hydrogens is 324 g/mol. The van der Waals surface area contributed by atoms with Gasteiger partial charge in [0, 0.05) is 43.8 Å². The van der Waals surface area contributed by atoms with Gasteiger partial charge < -0.3 is 15.7 Å². The van der Waals surface area contributed by atoms with Gasteiger partial charge in [-0.3, -0.25) is 9.69 Å². The van der Waals surface area contributed by atoms with Crippen molar-refractivity contribution >= 4 is 33.1 Å². The number of piperazine rings is 1. The second-order valence-electron chi connectivity index (χ2n) is 6.33. The van der Waals surface area contributed by atoms with E-state index < -0.39 is 0 Å². The molecule has 0 saturated carbocycles. The van der Waals surface area contributed by atoms with E-state index in [4.69, 9.17) is 10.8 Å². The number of aromatic nitrogens is 1. The summed E-state index contributed by atoms with van der Waals surface area (Å²) in [6.45, 7) is 9.77. The molecule has 0 unspecified atom stereocenters. The van der Waals surface area contributed by atoms with Crippen LogP contribution in [0.3, 0.4) is 0 Å². The molecule has 0 aromatic carbocycles. The Labute approximate surface area is 145 Å². The predicted octanol–water partition coefficient (Wildman–Crippen LogP) is 1.55. The fourth-order valence-corrected chi connectivity index (χ4v) is 4.36. The van der Waals surface area contributed by atoms with Crippen LogP contribution in [0.1, 0.15) is 26.5 Å². The van der Waals surface area contributed by atoms with Crippen molar-refractivity contribution in [2.24, 2.45) is 0 Å². The van der Waals surface area contributed by atoms with E-state index in [9.17, 15) is 4.79 Å². The number of hydrogen-bond acceptors (Lipinski definition) is 6. The fourth-order valence-electron chi connectivity index (χ4n) is 3.19. The molecule has 0 radical (unpaired) electrons. The van der Waals surface area contributed by atoms with E-state index in [-0.39, 0.29) is 12.5 Å². The van der Waals surface area contributed by atoms with E-state index in [2.05, 4.69) is 9.88 Å². The maximum Gasteiger partial charge on any atom is 0.266 e. The van der Waals surface area contributed by atoms with Crippen LogP contribution in [0.2, 0.25) is 0 Å². The molecule has 130 valence electrons. The number of aliphatic hydroxyl groups is 1. The van der Waals surface area contributed by atoms with Crippen LogP contribution in [-0.4, -0.2) is 65.1 Å². The standard InChI is InChI=1S/C17H24N4O2S/c1-10-11(2)13-14(18)15(24-16(13)19-12(10)3)17(23)21-6-4-20(5-7-21)8-9-22/h22H,4-9,18H2,1-3H3. The first-order valence-corrected chi connectivity index (χ1v) is 9.04. The quantitative estimate of drug-likeness (QED) is 0.879. The summed E-state index contributed by atoms with van der Waals surface area (Å²) in [6.07, 6.45) is 0. The molecule has 3 N–H and O–H groups in total. The van der Waals surface area contributed by atoms with Gasteiger partial charge in [-0.2, -0.15) is 0 Å². The number of nitrogens with zero attached hydrogens (tertiary/aromatic N) is 3. The molecule has 7 heteroatoms. The maximum absolute atomic E-state index is 12.9. The van der Waals surface area contributed by atoms with Crippen LogP contribution in [0, 0.1) is 20.8 Å². The minimum absolute atomic E-state index is 0.00569. The summed E-state index contributed by atoms with van der Waals surface area (Å²) in [5.41, 5.74) is 10.1. The molecule has 1 amide bonds. The minimum Gasteiger partial charge on any atom is -0.397 e. The van der Waals surface area contributed by atoms with Crippen LogP contribution >= 0.6 is 11.3 Å². The summed E-state index contributed by atoms with van der Waals surface area (Å²) in [5.74, 6) is -0.00569. The molecule has 3 rings (SSSR count). The van der Waals surface area contributed by atoms with E-state index in [0.29, 0.717) is 30.2 Å². The highest BCUT2D eigenvalue weighted by Crippen LogP contribution is 2.37. The van der Waals surface area contributed by atoms with Gasteiger partial charge in [0.25, 0.3) is 5.91 Å². The molecule has 1 fully saturated rings. The van der Waals surface area contributed by atoms with Crippen LogP contribution in [0.25, 0.3) is 10.2 Å². The molecule has 6 nitrogen and oxygen atoms in total. The lowest BCUT2D eigenvalue weighted by Crippen LogP contribution is -2.49. The van der Waals surface area contributed by atoms with E-state index in [0.717, 1.165) is 40.1 Å². The van der Waals surface area contributed by atoms with Crippen LogP contribution in [0.15, 0.2) is 0 Å². The zero-order chi connectivity index (χ0) is 17.4. The summed E-state index contributed by atoms with van der Waals surface area (Å²) in [5, 5.41) is 9.94. The summed E-state index contributed by atoms with van der Waals surface area (Å²) in [4.78, 5) is 23.0. The molecule has 0 aliphatic carbocycles. The number of carbonyl (C=O) groups excluding carboxylic acids is 1. The number of nitrogen functional groups attached to an aromatic ring is 1. The molecule has 0 bridgehead atoms. The van der Waals surface area contributed by atoms with Crippen molar-refractivity contribution < 1.29 is 9.90 Å². The molecule has 0 spiro atoms. The number of aryl methyl sites for hydroxylation is 2. The van der Waals surface area contributed by atoms with Gasteiger partial charge in [-0.05, 0) is 31.9 Å². The average Bonchev–Trinajstić information content (AvgIpc) is 2.89. The van der Waals surface area contributed by atoms with Gasteiger partial charge in [-0.1, -0.05) is 0 Å². The van der Waals surface area contributed by atoms with Crippen molar-refractivity contribution in [2.45, 2.75) is 20.8 Å². The third kappa shape index (κ3) is 2.87. The number of amides is 1. The van der Waals surface area contributed by atoms with E-state index >= 15 is 0 Å². The van der Waals surface area contributed by atoms with Crippen LogP contribution in [0.5, 0.6) is 0 Å². The van der Waals surface area contributed by atoms with Crippen LogP contribution in [-0.2, 0) is 0 Å². The molecule has 24 heavy (non-hydrogen) atoms. The van der Waals surface area contributed by atoms with Gasteiger partial charge in [0.15, 0.2) is 0 Å². The highest BCUT2D eigenvalue weighted by Gasteiger charge is 2.26. The molecule has 2 aromatic rings. The summed E-state index contributed by atoms with van der Waals surface area (Å²) in [6, 6.07) is 0. The Balaban J connectivity index is 1.89. The molecule has 1 aliphatic heterocycles. The minimum atomic E-state index is -0.00569. The van der Waals surface area contributed by atoms with Crippen molar-refractivity contribution in [1.82, 2.24) is 14.8 Å². The zero-order valence-electron chi connectivity index (χ0n) is 14.4. The molecule has 1 aliphatic rings. The number of thiophene rings is 1. The Morgan fingerprint density at radius 3 is 2.50 bits per heavy atom. The van der Waals surface area contributed by atoms with Gasteiger partial charge in [0.1, 0.15) is 9.71 Å². The van der Waals surface area contributed by atoms with E-state index in [1.54, 1.807) is 0 Å². The number of anilines is 1. The Kier molecular flexibility index (Phi) is 4.76. The van der Waals surface area contributed by atoms with Crippen molar-refractivity contribution in [3.63, 3.8) is 0 Å². The van der Waals surface area contributed by atoms with Crippen LogP contribution < -0.4 is 5.73 Å². The number of aliphatic hydroxyl groups excluding tert-OH is 1. The second-order valence-corrected chi connectivity index (χ2v) is 7.33. The van der Waals surface area contributed by atoms with Gasteiger partial charge in [-0.25, -0.2) is 4.98 Å². The lowest BCUT2D eigenvalue weighted by atomic mass is 10.1. The van der Waals surface area contributed by atoms with Crippen molar-refractivity contribution in [2.75, 3.05) is 45.1 Å². The monoisotopic (exact) mass is 348 g/mol. The SMILES string of the molecule is Cc1nc2sc(C(=O)N3CCN(CCO)CC3)c(N)c2c(C)c1C. The largest absolute Gasteiger partial charge is 0.397 e. The summed E-state index contributed by atoms with van der Waals surface area (Å²) >= 11 is 1.39. The smallest absolute Gasteiger partial charge is 0.266 e. The van der Waals surface area contributed by atoms with Gasteiger partial charge in [0.05, 0.1) is 12.3 Å². The molecular formula is C17H24N4O2S. The number of fused-ring (bicyclic) bond motifs is 1. The average molecular weight is 348 g/mol. The number of nitrogens with two attached hydrogens (primary N) is 1. The molecule has 0 atom stereocenters. The van der Waals surface area contributed by atoms with Crippen LogP contribution in [0.4, 0.5) is 5.69 Å². The normalized spacial score (nSPS) is 16.1. The van der Waals surface area contributed by atoms with E-state index in [1.165, 1.54) is 11.3 Å². The highest BCUT2D eigenvalue weighted by atomic mass is 32.1. The fraction of sp³-hybridized carbons (Fsp3) is 0.529. The first kappa shape index (κ1) is 17.1. The number of hydrogen-bond donors (Lipinski definition) is 2. The lowest BCUT2D eigenvalue weighted by Gasteiger charge is -2.34. The third-order valence-corrected chi connectivity index (χ3v) is 6.03. The van der Waals surface area contributed by atoms with Crippen molar-refractivity contribution in [3.8, 4) is 0 Å². The number of carbonyl (C=O) groups is 1. The highest BCUT2D eigenvalue weighted by molar-refractivity contribution is 7.21. The first-order valence-electron chi connectivity index (χ1n) is 8.22. The zero-order valence-corrected chi connectivity index (χ0v) is 15.2.